The molecule has 1 aromatic carbocycles. The van der Waals surface area contributed by atoms with E-state index in [9.17, 15) is 0 Å². The highest BCUT2D eigenvalue weighted by molar-refractivity contribution is 5.79. The van der Waals surface area contributed by atoms with Gasteiger partial charge in [-0.05, 0) is 31.4 Å². The highest BCUT2D eigenvalue weighted by atomic mass is 16.4. The molecular weight excluding hydrogens is 312 g/mol. The second-order valence-corrected chi connectivity index (χ2v) is 6.96. The van der Waals surface area contributed by atoms with Gasteiger partial charge >= 0.3 is 0 Å². The second-order valence-electron chi connectivity index (χ2n) is 6.96. The molecule has 0 aliphatic rings. The molecule has 0 unspecified atom stereocenters. The molecule has 2 rings (SSSR count). The SMILES string of the molecule is CCc1ccc(C(C)(C)CNC(=NC)NCc2nc(C)c(C)o2)cc1. The first kappa shape index (κ1) is 19.0. The molecule has 2 aromatic rings. The van der Waals surface area contributed by atoms with E-state index in [4.69, 9.17) is 4.42 Å². The van der Waals surface area contributed by atoms with Crippen LogP contribution in [-0.2, 0) is 18.4 Å². The van der Waals surface area contributed by atoms with Gasteiger partial charge in [-0.15, -0.1) is 0 Å². The van der Waals surface area contributed by atoms with Gasteiger partial charge in [-0.1, -0.05) is 45.0 Å². The summed E-state index contributed by atoms with van der Waals surface area (Å²) in [6.45, 7) is 11.8. The van der Waals surface area contributed by atoms with Gasteiger partial charge < -0.3 is 15.1 Å². The Labute approximate surface area is 151 Å². The lowest BCUT2D eigenvalue weighted by atomic mass is 9.84. The van der Waals surface area contributed by atoms with Crippen LogP contribution in [0.5, 0.6) is 0 Å². The van der Waals surface area contributed by atoms with E-state index < -0.39 is 0 Å². The molecule has 0 fully saturated rings. The molecule has 0 radical (unpaired) electrons. The van der Waals surface area contributed by atoms with E-state index in [0.29, 0.717) is 12.4 Å². The Morgan fingerprint density at radius 2 is 1.84 bits per heavy atom. The Hall–Kier alpha value is -2.30. The van der Waals surface area contributed by atoms with Crippen molar-refractivity contribution >= 4 is 5.96 Å². The maximum absolute atomic E-state index is 5.59. The molecule has 25 heavy (non-hydrogen) atoms. The number of nitrogens with one attached hydrogen (secondary N) is 2. The first-order valence-electron chi connectivity index (χ1n) is 8.82. The molecule has 0 saturated carbocycles. The summed E-state index contributed by atoms with van der Waals surface area (Å²) in [5.74, 6) is 2.27. The Kier molecular flexibility index (Phi) is 6.23. The molecule has 2 N–H and O–H groups in total. The van der Waals surface area contributed by atoms with E-state index in [1.165, 1.54) is 11.1 Å². The summed E-state index contributed by atoms with van der Waals surface area (Å²) < 4.78 is 5.59. The number of aryl methyl sites for hydroxylation is 3. The zero-order chi connectivity index (χ0) is 18.4. The Morgan fingerprint density at radius 1 is 1.16 bits per heavy atom. The fraction of sp³-hybridized carbons (Fsp3) is 0.500. The zero-order valence-electron chi connectivity index (χ0n) is 16.2. The highest BCUT2D eigenvalue weighted by Gasteiger charge is 2.21. The minimum atomic E-state index is -0.000000367. The van der Waals surface area contributed by atoms with Crippen molar-refractivity contribution in [1.82, 2.24) is 15.6 Å². The molecule has 1 heterocycles. The number of hydrogen-bond acceptors (Lipinski definition) is 3. The van der Waals surface area contributed by atoms with Crippen LogP contribution in [0.4, 0.5) is 0 Å². The van der Waals surface area contributed by atoms with Gasteiger partial charge in [-0.25, -0.2) is 4.98 Å². The van der Waals surface area contributed by atoms with Gasteiger partial charge in [0, 0.05) is 19.0 Å². The third-order valence-corrected chi connectivity index (χ3v) is 4.54. The molecule has 0 atom stereocenters. The van der Waals surface area contributed by atoms with Crippen LogP contribution >= 0.6 is 0 Å². The van der Waals surface area contributed by atoms with Crippen LogP contribution in [0.2, 0.25) is 0 Å². The van der Waals surface area contributed by atoms with E-state index in [2.05, 4.69) is 65.6 Å². The summed E-state index contributed by atoms with van der Waals surface area (Å²) in [6, 6.07) is 8.85. The van der Waals surface area contributed by atoms with Crippen molar-refractivity contribution in [3.05, 3.63) is 52.7 Å². The molecular formula is C20H30N4O. The third kappa shape index (κ3) is 5.08. The predicted octanol–water partition coefficient (Wildman–Crippen LogP) is 3.50. The van der Waals surface area contributed by atoms with Gasteiger partial charge in [-0.2, -0.15) is 0 Å². The van der Waals surface area contributed by atoms with Crippen molar-refractivity contribution in [2.75, 3.05) is 13.6 Å². The third-order valence-electron chi connectivity index (χ3n) is 4.54. The second kappa shape index (κ2) is 8.19. The summed E-state index contributed by atoms with van der Waals surface area (Å²) in [7, 11) is 1.77. The van der Waals surface area contributed by atoms with E-state index in [-0.39, 0.29) is 5.41 Å². The number of nitrogens with zero attached hydrogens (tertiary/aromatic N) is 2. The molecule has 0 bridgehead atoms. The van der Waals surface area contributed by atoms with Crippen LogP contribution in [0, 0.1) is 13.8 Å². The van der Waals surface area contributed by atoms with Crippen LogP contribution < -0.4 is 10.6 Å². The van der Waals surface area contributed by atoms with Gasteiger partial charge in [0.05, 0.1) is 12.2 Å². The van der Waals surface area contributed by atoms with Gasteiger partial charge in [0.1, 0.15) is 5.76 Å². The lowest BCUT2D eigenvalue weighted by Crippen LogP contribution is -2.43. The number of guanidine groups is 1. The number of aromatic nitrogens is 1. The monoisotopic (exact) mass is 342 g/mol. The minimum absolute atomic E-state index is 0.000000367. The molecule has 1 aromatic heterocycles. The number of rotatable bonds is 6. The average molecular weight is 342 g/mol. The average Bonchev–Trinajstić information content (AvgIpc) is 2.93. The quantitative estimate of drug-likeness (QED) is 0.623. The van der Waals surface area contributed by atoms with Crippen molar-refractivity contribution < 1.29 is 4.42 Å². The summed E-state index contributed by atoms with van der Waals surface area (Å²) >= 11 is 0. The van der Waals surface area contributed by atoms with E-state index in [1.54, 1.807) is 7.05 Å². The van der Waals surface area contributed by atoms with E-state index >= 15 is 0 Å². The predicted molar refractivity (Wildman–Crippen MR) is 103 cm³/mol. The zero-order valence-corrected chi connectivity index (χ0v) is 16.2. The van der Waals surface area contributed by atoms with Crippen LogP contribution in [0.15, 0.2) is 33.7 Å². The molecule has 0 spiro atoms. The lowest BCUT2D eigenvalue weighted by Gasteiger charge is -2.27. The standard InChI is InChI=1S/C20H30N4O/c1-7-16-8-10-17(11-9-16)20(4,5)13-23-19(21-6)22-12-18-24-14(2)15(3)25-18/h8-11H,7,12-13H2,1-6H3,(H2,21,22,23). The molecule has 0 aliphatic heterocycles. The van der Waals surface area contributed by atoms with Crippen molar-refractivity contribution in [2.24, 2.45) is 4.99 Å². The molecule has 136 valence electrons. The molecule has 5 nitrogen and oxygen atoms in total. The van der Waals surface area contributed by atoms with Crippen molar-refractivity contribution in [3.63, 3.8) is 0 Å². The first-order valence-corrected chi connectivity index (χ1v) is 8.82. The Bertz CT molecular complexity index is 694. The van der Waals surface area contributed by atoms with Crippen LogP contribution in [-0.4, -0.2) is 24.5 Å². The van der Waals surface area contributed by atoms with E-state index in [0.717, 1.165) is 30.4 Å². The Balaban J connectivity index is 1.92. The van der Waals surface area contributed by atoms with Gasteiger partial charge in [0.15, 0.2) is 5.96 Å². The fourth-order valence-electron chi connectivity index (χ4n) is 2.59. The number of benzene rings is 1. The smallest absolute Gasteiger partial charge is 0.214 e. The number of oxazole rings is 1. The fourth-order valence-corrected chi connectivity index (χ4v) is 2.59. The van der Waals surface area contributed by atoms with Gasteiger partial charge in [0.2, 0.25) is 5.89 Å². The topological polar surface area (TPSA) is 62.5 Å². The maximum atomic E-state index is 5.59. The molecule has 0 amide bonds. The highest BCUT2D eigenvalue weighted by Crippen LogP contribution is 2.22. The van der Waals surface area contributed by atoms with Crippen LogP contribution in [0.3, 0.4) is 0 Å². The number of aliphatic imine (C=N–C) groups is 1. The summed E-state index contributed by atoms with van der Waals surface area (Å²) in [4.78, 5) is 8.66. The van der Waals surface area contributed by atoms with Crippen LogP contribution in [0.1, 0.15) is 49.2 Å². The minimum Gasteiger partial charge on any atom is -0.444 e. The van der Waals surface area contributed by atoms with Crippen molar-refractivity contribution in [1.29, 1.82) is 0 Å². The summed E-state index contributed by atoms with van der Waals surface area (Å²) in [6.07, 6.45) is 1.06. The molecule has 0 saturated heterocycles. The van der Waals surface area contributed by atoms with Crippen LogP contribution in [0.25, 0.3) is 0 Å². The number of hydrogen-bond donors (Lipinski definition) is 2. The molecule has 0 aliphatic carbocycles. The van der Waals surface area contributed by atoms with Gasteiger partial charge in [0.25, 0.3) is 0 Å². The largest absolute Gasteiger partial charge is 0.444 e. The van der Waals surface area contributed by atoms with Crippen molar-refractivity contribution in [2.45, 2.75) is 53.0 Å². The summed E-state index contributed by atoms with van der Waals surface area (Å²) in [5.41, 5.74) is 3.60. The molecule has 5 heteroatoms. The van der Waals surface area contributed by atoms with E-state index in [1.807, 2.05) is 13.8 Å². The Morgan fingerprint density at radius 3 is 2.36 bits per heavy atom. The maximum Gasteiger partial charge on any atom is 0.214 e. The first-order chi connectivity index (χ1) is 11.9. The lowest BCUT2D eigenvalue weighted by molar-refractivity contribution is 0.461. The van der Waals surface area contributed by atoms with Crippen molar-refractivity contribution in [3.8, 4) is 0 Å². The van der Waals surface area contributed by atoms with Gasteiger partial charge in [-0.3, -0.25) is 4.99 Å². The summed E-state index contributed by atoms with van der Waals surface area (Å²) in [5, 5.41) is 6.65. The normalized spacial score (nSPS) is 12.3.